The van der Waals surface area contributed by atoms with Gasteiger partial charge >= 0.3 is 0 Å². The van der Waals surface area contributed by atoms with E-state index in [1.54, 1.807) is 0 Å². The fourth-order valence-electron chi connectivity index (χ4n) is 2.66. The molecule has 1 saturated carbocycles. The van der Waals surface area contributed by atoms with Crippen LogP contribution in [0.2, 0.25) is 0 Å². The van der Waals surface area contributed by atoms with E-state index in [4.69, 9.17) is 0 Å². The van der Waals surface area contributed by atoms with Gasteiger partial charge in [-0.1, -0.05) is 0 Å². The third-order valence-electron chi connectivity index (χ3n) is 3.23. The average molecular weight is 126 g/mol. The Bertz CT molecular complexity index is 129. The van der Waals surface area contributed by atoms with Crippen molar-refractivity contribution in [2.75, 3.05) is 20.6 Å². The summed E-state index contributed by atoms with van der Waals surface area (Å²) in [5, 5.41) is 0. The SMILES string of the molecule is C[N+]1(C)C[C@H]2CC[C@@H]1C2. The van der Waals surface area contributed by atoms with Gasteiger partial charge in [0.1, 0.15) is 0 Å². The molecule has 1 saturated heterocycles. The molecule has 1 heterocycles. The van der Waals surface area contributed by atoms with Crippen LogP contribution in [0.25, 0.3) is 0 Å². The number of piperidine rings is 1. The molecule has 0 unspecified atom stereocenters. The topological polar surface area (TPSA) is 0 Å². The molecule has 0 N–H and O–H groups in total. The van der Waals surface area contributed by atoms with E-state index < -0.39 is 0 Å². The first kappa shape index (κ1) is 5.72. The summed E-state index contributed by atoms with van der Waals surface area (Å²) in [6, 6.07) is 1.02. The van der Waals surface area contributed by atoms with Gasteiger partial charge in [-0.05, 0) is 12.8 Å². The van der Waals surface area contributed by atoms with Crippen LogP contribution >= 0.6 is 0 Å². The maximum atomic E-state index is 2.38. The van der Waals surface area contributed by atoms with Gasteiger partial charge in [0, 0.05) is 12.3 Å². The molecule has 9 heavy (non-hydrogen) atoms. The minimum absolute atomic E-state index is 1.02. The van der Waals surface area contributed by atoms with Gasteiger partial charge in [-0.3, -0.25) is 0 Å². The normalized spacial score (nSPS) is 46.0. The number of fused-ring (bicyclic) bond motifs is 2. The van der Waals surface area contributed by atoms with Crippen molar-refractivity contribution < 1.29 is 4.48 Å². The van der Waals surface area contributed by atoms with E-state index in [0.29, 0.717) is 0 Å². The minimum Gasteiger partial charge on any atom is -0.326 e. The highest BCUT2D eigenvalue weighted by Gasteiger charge is 2.45. The maximum Gasteiger partial charge on any atom is 0.0891 e. The van der Waals surface area contributed by atoms with Crippen molar-refractivity contribution >= 4 is 0 Å². The Kier molecular flexibility index (Phi) is 0.963. The lowest BCUT2D eigenvalue weighted by molar-refractivity contribution is -0.907. The lowest BCUT2D eigenvalue weighted by Crippen LogP contribution is -2.45. The Morgan fingerprint density at radius 2 is 2.00 bits per heavy atom. The number of quaternary nitrogens is 1. The first-order chi connectivity index (χ1) is 4.18. The molecule has 1 aliphatic carbocycles. The van der Waals surface area contributed by atoms with Gasteiger partial charge < -0.3 is 4.48 Å². The molecule has 0 spiro atoms. The quantitative estimate of drug-likeness (QED) is 0.428. The maximum absolute atomic E-state index is 2.38. The molecule has 0 radical (unpaired) electrons. The van der Waals surface area contributed by atoms with E-state index in [-0.39, 0.29) is 0 Å². The molecule has 2 fully saturated rings. The molecule has 1 heteroatoms. The van der Waals surface area contributed by atoms with E-state index in [9.17, 15) is 0 Å². The lowest BCUT2D eigenvalue weighted by Gasteiger charge is -2.33. The molecule has 1 aliphatic heterocycles. The van der Waals surface area contributed by atoms with Crippen molar-refractivity contribution in [3.8, 4) is 0 Å². The second-order valence-electron chi connectivity index (χ2n) is 4.29. The zero-order valence-corrected chi connectivity index (χ0v) is 6.43. The molecule has 2 rings (SSSR count). The molecule has 0 aromatic carbocycles. The van der Waals surface area contributed by atoms with Crippen molar-refractivity contribution in [1.29, 1.82) is 0 Å². The zero-order chi connectivity index (χ0) is 6.48. The Balaban J connectivity index is 2.18. The average Bonchev–Trinajstić information content (AvgIpc) is 2.19. The van der Waals surface area contributed by atoms with Crippen molar-refractivity contribution in [1.82, 2.24) is 0 Å². The minimum atomic E-state index is 1.02. The van der Waals surface area contributed by atoms with E-state index in [0.717, 1.165) is 12.0 Å². The van der Waals surface area contributed by atoms with Crippen molar-refractivity contribution in [2.45, 2.75) is 25.3 Å². The van der Waals surface area contributed by atoms with Crippen molar-refractivity contribution in [3.05, 3.63) is 0 Å². The Hall–Kier alpha value is -0.0400. The van der Waals surface area contributed by atoms with Crippen molar-refractivity contribution in [3.63, 3.8) is 0 Å². The predicted molar refractivity (Wildman–Crippen MR) is 38.1 cm³/mol. The lowest BCUT2D eigenvalue weighted by atomic mass is 10.1. The summed E-state index contributed by atoms with van der Waals surface area (Å²) in [6.07, 6.45) is 4.54. The monoisotopic (exact) mass is 126 g/mol. The van der Waals surface area contributed by atoms with Crippen LogP contribution < -0.4 is 0 Å². The Labute approximate surface area is 57.3 Å². The first-order valence-corrected chi connectivity index (χ1v) is 4.01. The van der Waals surface area contributed by atoms with E-state index in [2.05, 4.69) is 14.1 Å². The summed E-state index contributed by atoms with van der Waals surface area (Å²) in [5.41, 5.74) is 0. The van der Waals surface area contributed by atoms with Crippen LogP contribution in [0.4, 0.5) is 0 Å². The van der Waals surface area contributed by atoms with Crippen LogP contribution in [0.5, 0.6) is 0 Å². The summed E-state index contributed by atoms with van der Waals surface area (Å²) in [4.78, 5) is 0. The fourth-order valence-corrected chi connectivity index (χ4v) is 2.66. The second-order valence-corrected chi connectivity index (χ2v) is 4.29. The largest absolute Gasteiger partial charge is 0.326 e. The molecule has 1 nitrogen and oxygen atoms in total. The third kappa shape index (κ3) is 0.710. The summed E-state index contributed by atoms with van der Waals surface area (Å²) < 4.78 is 1.31. The number of nitrogens with zero attached hydrogens (tertiary/aromatic N) is 1. The van der Waals surface area contributed by atoms with Crippen LogP contribution in [-0.4, -0.2) is 31.2 Å². The molecule has 0 aromatic rings. The zero-order valence-electron chi connectivity index (χ0n) is 6.43. The Morgan fingerprint density at radius 3 is 2.22 bits per heavy atom. The molecule has 2 aliphatic rings. The van der Waals surface area contributed by atoms with Crippen molar-refractivity contribution in [2.24, 2.45) is 5.92 Å². The highest BCUT2D eigenvalue weighted by Crippen LogP contribution is 2.40. The van der Waals surface area contributed by atoms with Crippen LogP contribution in [0.3, 0.4) is 0 Å². The molecular weight excluding hydrogens is 110 g/mol. The number of hydrogen-bond donors (Lipinski definition) is 0. The van der Waals surface area contributed by atoms with Crippen LogP contribution in [0.15, 0.2) is 0 Å². The molecule has 2 atom stereocenters. The van der Waals surface area contributed by atoms with E-state index in [1.165, 1.54) is 30.3 Å². The smallest absolute Gasteiger partial charge is 0.0891 e. The number of hydrogen-bond acceptors (Lipinski definition) is 0. The summed E-state index contributed by atoms with van der Waals surface area (Å²) in [6.45, 7) is 1.45. The van der Waals surface area contributed by atoms with Crippen LogP contribution in [0.1, 0.15) is 19.3 Å². The van der Waals surface area contributed by atoms with Gasteiger partial charge in [-0.25, -0.2) is 0 Å². The van der Waals surface area contributed by atoms with Gasteiger partial charge in [0.2, 0.25) is 0 Å². The second kappa shape index (κ2) is 1.51. The standard InChI is InChI=1S/C8H16N/c1-9(2)6-7-3-4-8(9)5-7/h7-8H,3-6H2,1-2H3/q+1/t7-,8+/m0/s1. The molecule has 0 amide bonds. The van der Waals surface area contributed by atoms with E-state index >= 15 is 0 Å². The highest BCUT2D eigenvalue weighted by atomic mass is 15.4. The Morgan fingerprint density at radius 1 is 1.22 bits per heavy atom. The molecular formula is C8H16N+. The van der Waals surface area contributed by atoms with Gasteiger partial charge in [0.05, 0.1) is 26.7 Å². The van der Waals surface area contributed by atoms with Gasteiger partial charge in [0.15, 0.2) is 0 Å². The van der Waals surface area contributed by atoms with Gasteiger partial charge in [-0.2, -0.15) is 0 Å². The molecule has 2 bridgehead atoms. The summed E-state index contributed by atoms with van der Waals surface area (Å²) >= 11 is 0. The van der Waals surface area contributed by atoms with Gasteiger partial charge in [0.25, 0.3) is 0 Å². The summed E-state index contributed by atoms with van der Waals surface area (Å²) in [5.74, 6) is 1.09. The van der Waals surface area contributed by atoms with Gasteiger partial charge in [-0.15, -0.1) is 0 Å². The third-order valence-corrected chi connectivity index (χ3v) is 3.23. The molecule has 52 valence electrons. The number of likely N-dealkylation sites (tertiary alicyclic amines) is 1. The van der Waals surface area contributed by atoms with Crippen LogP contribution in [-0.2, 0) is 0 Å². The number of rotatable bonds is 0. The fraction of sp³-hybridized carbons (Fsp3) is 1.00. The van der Waals surface area contributed by atoms with Crippen LogP contribution in [0, 0.1) is 5.92 Å². The summed E-state index contributed by atoms with van der Waals surface area (Å²) in [7, 11) is 4.76. The van der Waals surface area contributed by atoms with E-state index in [1.807, 2.05) is 0 Å². The molecule has 0 aromatic heterocycles. The first-order valence-electron chi connectivity index (χ1n) is 4.01. The highest BCUT2D eigenvalue weighted by molar-refractivity contribution is 4.82. The predicted octanol–water partition coefficient (Wildman–Crippen LogP) is 1.25.